The van der Waals surface area contributed by atoms with Gasteiger partial charge in [0.25, 0.3) is 11.8 Å². The van der Waals surface area contributed by atoms with Gasteiger partial charge in [0, 0.05) is 23.5 Å². The minimum Gasteiger partial charge on any atom is -0.367 e. The van der Waals surface area contributed by atoms with Crippen molar-refractivity contribution in [1.82, 2.24) is 15.3 Å². The Kier molecular flexibility index (Phi) is 3.00. The Morgan fingerprint density at radius 2 is 1.96 bits per heavy atom. The molecule has 2 aliphatic rings. The average Bonchev–Trinajstić information content (AvgIpc) is 3.29. The second kappa shape index (κ2) is 5.05. The summed E-state index contributed by atoms with van der Waals surface area (Å²) < 4.78 is 0. The molecule has 1 fully saturated rings. The van der Waals surface area contributed by atoms with Crippen molar-refractivity contribution in [2.45, 2.75) is 25.8 Å². The molecule has 0 atom stereocenters. The van der Waals surface area contributed by atoms with Crippen molar-refractivity contribution < 1.29 is 9.59 Å². The number of hydrogen-bond donors (Lipinski definition) is 3. The molecule has 2 aromatic rings. The Balaban J connectivity index is 1.60. The standard InChI is InChI=1S/C16H15N5O2/c1-8-7-17-16(20-13(8)18-9-2-3-9)19-10-4-5-11-12(6-10)15(23)21-14(11)22/h4-7,9H,2-3H2,1H3,(H,21,22,23)(H2,17,18,19,20). The van der Waals surface area contributed by atoms with Crippen LogP contribution in [0.1, 0.15) is 39.1 Å². The van der Waals surface area contributed by atoms with Crippen LogP contribution in [0.25, 0.3) is 0 Å². The Morgan fingerprint density at radius 1 is 1.17 bits per heavy atom. The third-order valence-electron chi connectivity index (χ3n) is 3.88. The summed E-state index contributed by atoms with van der Waals surface area (Å²) >= 11 is 0. The van der Waals surface area contributed by atoms with Crippen LogP contribution in [-0.4, -0.2) is 27.8 Å². The van der Waals surface area contributed by atoms with Gasteiger partial charge in [-0.15, -0.1) is 0 Å². The van der Waals surface area contributed by atoms with E-state index in [2.05, 4.69) is 25.9 Å². The van der Waals surface area contributed by atoms with Crippen LogP contribution in [-0.2, 0) is 0 Å². The number of rotatable bonds is 4. The lowest BCUT2D eigenvalue weighted by molar-refractivity contribution is 0.0879. The Labute approximate surface area is 132 Å². The molecule has 1 aliphatic heterocycles. The number of nitrogens with one attached hydrogen (secondary N) is 3. The summed E-state index contributed by atoms with van der Waals surface area (Å²) in [6, 6.07) is 5.49. The molecule has 7 nitrogen and oxygen atoms in total. The topological polar surface area (TPSA) is 96.0 Å². The molecule has 1 aliphatic carbocycles. The molecule has 1 aromatic heterocycles. The minimum atomic E-state index is -0.380. The molecule has 23 heavy (non-hydrogen) atoms. The molecule has 1 aromatic carbocycles. The van der Waals surface area contributed by atoms with Gasteiger partial charge in [-0.1, -0.05) is 0 Å². The van der Waals surface area contributed by atoms with Gasteiger partial charge in [0.05, 0.1) is 11.1 Å². The summed E-state index contributed by atoms with van der Waals surface area (Å²) in [4.78, 5) is 32.0. The smallest absolute Gasteiger partial charge is 0.259 e. The molecular formula is C16H15N5O2. The minimum absolute atomic E-state index is 0.362. The van der Waals surface area contributed by atoms with Crippen LogP contribution in [0.3, 0.4) is 0 Å². The van der Waals surface area contributed by atoms with Crippen molar-refractivity contribution in [3.63, 3.8) is 0 Å². The molecule has 116 valence electrons. The number of hydrogen-bond acceptors (Lipinski definition) is 6. The second-order valence-corrected chi connectivity index (χ2v) is 5.81. The molecule has 3 N–H and O–H groups in total. The highest BCUT2D eigenvalue weighted by atomic mass is 16.2. The Morgan fingerprint density at radius 3 is 2.74 bits per heavy atom. The molecular weight excluding hydrogens is 294 g/mol. The SMILES string of the molecule is Cc1cnc(Nc2ccc3c(c2)C(=O)NC3=O)nc1NC1CC1. The zero-order valence-electron chi connectivity index (χ0n) is 12.5. The van der Waals surface area contributed by atoms with Crippen LogP contribution in [0, 0.1) is 6.92 Å². The van der Waals surface area contributed by atoms with Crippen LogP contribution >= 0.6 is 0 Å². The molecule has 2 amide bonds. The average molecular weight is 309 g/mol. The van der Waals surface area contributed by atoms with Crippen molar-refractivity contribution >= 4 is 29.3 Å². The fourth-order valence-electron chi connectivity index (χ4n) is 2.44. The van der Waals surface area contributed by atoms with Crippen molar-refractivity contribution in [1.29, 1.82) is 0 Å². The summed E-state index contributed by atoms with van der Waals surface area (Å²) in [5.74, 6) is 0.524. The lowest BCUT2D eigenvalue weighted by Crippen LogP contribution is -2.19. The molecule has 1 saturated carbocycles. The second-order valence-electron chi connectivity index (χ2n) is 5.81. The maximum absolute atomic E-state index is 11.7. The third-order valence-corrected chi connectivity index (χ3v) is 3.88. The van der Waals surface area contributed by atoms with Crippen LogP contribution in [0.15, 0.2) is 24.4 Å². The lowest BCUT2D eigenvalue weighted by atomic mass is 10.1. The van der Waals surface area contributed by atoms with Gasteiger partial charge in [0.2, 0.25) is 5.95 Å². The van der Waals surface area contributed by atoms with E-state index in [1.165, 1.54) is 12.8 Å². The zero-order chi connectivity index (χ0) is 16.0. The number of carbonyl (C=O) groups excluding carboxylic acids is 2. The first-order valence-electron chi connectivity index (χ1n) is 7.47. The molecule has 0 unspecified atom stereocenters. The van der Waals surface area contributed by atoms with Crippen molar-refractivity contribution in [2.24, 2.45) is 0 Å². The highest BCUT2D eigenvalue weighted by Gasteiger charge is 2.26. The van der Waals surface area contributed by atoms with Gasteiger partial charge in [0.1, 0.15) is 5.82 Å². The van der Waals surface area contributed by atoms with Gasteiger partial charge in [-0.3, -0.25) is 14.9 Å². The number of imide groups is 1. The number of nitrogens with zero attached hydrogens (tertiary/aromatic N) is 2. The molecule has 0 saturated heterocycles. The maximum atomic E-state index is 11.7. The van der Waals surface area contributed by atoms with E-state index in [1.54, 1.807) is 24.4 Å². The predicted molar refractivity (Wildman–Crippen MR) is 84.9 cm³/mol. The number of aryl methyl sites for hydroxylation is 1. The zero-order valence-corrected chi connectivity index (χ0v) is 12.5. The van der Waals surface area contributed by atoms with Crippen molar-refractivity contribution in [2.75, 3.05) is 10.6 Å². The van der Waals surface area contributed by atoms with Crippen LogP contribution in [0.5, 0.6) is 0 Å². The van der Waals surface area contributed by atoms with E-state index in [1.807, 2.05) is 6.92 Å². The first kappa shape index (κ1) is 13.7. The van der Waals surface area contributed by atoms with Crippen molar-refractivity contribution in [3.05, 3.63) is 41.1 Å². The van der Waals surface area contributed by atoms with E-state index in [4.69, 9.17) is 0 Å². The van der Waals surface area contributed by atoms with Gasteiger partial charge in [0.15, 0.2) is 0 Å². The predicted octanol–water partition coefficient (Wildman–Crippen LogP) is 1.99. The van der Waals surface area contributed by atoms with E-state index in [-0.39, 0.29) is 11.8 Å². The third kappa shape index (κ3) is 2.61. The Hall–Kier alpha value is -2.96. The fraction of sp³-hybridized carbons (Fsp3) is 0.250. The summed E-state index contributed by atoms with van der Waals surface area (Å²) in [6.45, 7) is 1.96. The van der Waals surface area contributed by atoms with Gasteiger partial charge >= 0.3 is 0 Å². The number of fused-ring (bicyclic) bond motifs is 1. The molecule has 0 spiro atoms. The number of aromatic nitrogens is 2. The van der Waals surface area contributed by atoms with E-state index in [0.29, 0.717) is 28.8 Å². The van der Waals surface area contributed by atoms with Crippen LogP contribution < -0.4 is 16.0 Å². The first-order chi connectivity index (χ1) is 11.1. The largest absolute Gasteiger partial charge is 0.367 e. The van der Waals surface area contributed by atoms with Gasteiger partial charge in [-0.25, -0.2) is 4.98 Å². The lowest BCUT2D eigenvalue weighted by Gasteiger charge is -2.10. The summed E-state index contributed by atoms with van der Waals surface area (Å²) in [6.07, 6.45) is 4.09. The highest BCUT2D eigenvalue weighted by Crippen LogP contribution is 2.26. The molecule has 0 bridgehead atoms. The van der Waals surface area contributed by atoms with Gasteiger partial charge in [-0.05, 0) is 38.0 Å². The van der Waals surface area contributed by atoms with Gasteiger partial charge in [-0.2, -0.15) is 4.98 Å². The fourth-order valence-corrected chi connectivity index (χ4v) is 2.44. The van der Waals surface area contributed by atoms with E-state index in [0.717, 1.165) is 11.4 Å². The van der Waals surface area contributed by atoms with Crippen molar-refractivity contribution in [3.8, 4) is 0 Å². The molecule has 7 heteroatoms. The van der Waals surface area contributed by atoms with E-state index in [9.17, 15) is 9.59 Å². The van der Waals surface area contributed by atoms with E-state index >= 15 is 0 Å². The molecule has 4 rings (SSSR count). The van der Waals surface area contributed by atoms with Crippen LogP contribution in [0.4, 0.5) is 17.5 Å². The molecule has 0 radical (unpaired) electrons. The summed E-state index contributed by atoms with van der Waals surface area (Å²) in [7, 11) is 0. The highest BCUT2D eigenvalue weighted by molar-refractivity contribution is 6.21. The maximum Gasteiger partial charge on any atom is 0.259 e. The number of amides is 2. The molecule has 2 heterocycles. The number of anilines is 3. The number of benzene rings is 1. The van der Waals surface area contributed by atoms with E-state index < -0.39 is 0 Å². The number of carbonyl (C=O) groups is 2. The normalized spacial score (nSPS) is 16.0. The van der Waals surface area contributed by atoms with Gasteiger partial charge < -0.3 is 10.6 Å². The van der Waals surface area contributed by atoms with Crippen LogP contribution in [0.2, 0.25) is 0 Å². The quantitative estimate of drug-likeness (QED) is 0.747. The summed E-state index contributed by atoms with van der Waals surface area (Å²) in [5, 5.41) is 8.71. The first-order valence-corrected chi connectivity index (χ1v) is 7.47. The summed E-state index contributed by atoms with van der Waals surface area (Å²) in [5.41, 5.74) is 2.40. The Bertz CT molecular complexity index is 829. The monoisotopic (exact) mass is 309 g/mol.